The standard InChI is InChI=1S/C10H15NS/c1-3-8-5-7-4-6(2)9(11)10(7)12-8/h5-6,9H,3-4,11H2,1-2H3. The van der Waals surface area contributed by atoms with Crippen LogP contribution < -0.4 is 5.73 Å². The van der Waals surface area contributed by atoms with Gasteiger partial charge in [0.2, 0.25) is 0 Å². The van der Waals surface area contributed by atoms with Crippen LogP contribution in [0.3, 0.4) is 0 Å². The highest BCUT2D eigenvalue weighted by atomic mass is 32.1. The Bertz CT molecular complexity index is 290. The molecule has 1 aromatic rings. The Labute approximate surface area is 77.6 Å². The van der Waals surface area contributed by atoms with Crippen LogP contribution in [-0.2, 0) is 12.8 Å². The molecule has 2 N–H and O–H groups in total. The fourth-order valence-corrected chi connectivity index (χ4v) is 3.12. The number of aryl methyl sites for hydroxylation is 1. The molecule has 2 rings (SSSR count). The molecule has 2 heteroatoms. The molecule has 66 valence electrons. The molecule has 0 radical (unpaired) electrons. The first kappa shape index (κ1) is 8.27. The molecule has 0 aromatic carbocycles. The molecule has 0 saturated carbocycles. The zero-order valence-electron chi connectivity index (χ0n) is 7.63. The maximum atomic E-state index is 6.07. The first-order chi connectivity index (χ1) is 5.72. The molecule has 0 fully saturated rings. The molecule has 12 heavy (non-hydrogen) atoms. The Hall–Kier alpha value is -0.340. The Morgan fingerprint density at radius 1 is 1.67 bits per heavy atom. The molecule has 0 aliphatic heterocycles. The lowest BCUT2D eigenvalue weighted by molar-refractivity contribution is 0.516. The molecule has 1 heterocycles. The van der Waals surface area contributed by atoms with Crippen LogP contribution in [0.2, 0.25) is 0 Å². The molecule has 0 spiro atoms. The van der Waals surface area contributed by atoms with Crippen LogP contribution >= 0.6 is 11.3 Å². The number of hydrogen-bond acceptors (Lipinski definition) is 2. The molecule has 0 bridgehead atoms. The smallest absolute Gasteiger partial charge is 0.0421 e. The van der Waals surface area contributed by atoms with E-state index in [2.05, 4.69) is 19.9 Å². The fourth-order valence-electron chi connectivity index (χ4n) is 1.85. The van der Waals surface area contributed by atoms with E-state index in [-0.39, 0.29) is 0 Å². The number of rotatable bonds is 1. The van der Waals surface area contributed by atoms with Crippen LogP contribution in [0.15, 0.2) is 6.07 Å². The first-order valence-electron chi connectivity index (χ1n) is 4.59. The lowest BCUT2D eigenvalue weighted by Gasteiger charge is -2.08. The van der Waals surface area contributed by atoms with E-state index in [1.807, 2.05) is 11.3 Å². The molecule has 0 amide bonds. The lowest BCUT2D eigenvalue weighted by Crippen LogP contribution is -2.12. The van der Waals surface area contributed by atoms with Crippen molar-refractivity contribution in [2.24, 2.45) is 11.7 Å². The van der Waals surface area contributed by atoms with Crippen LogP contribution in [0.5, 0.6) is 0 Å². The zero-order chi connectivity index (χ0) is 8.72. The number of fused-ring (bicyclic) bond motifs is 1. The van der Waals surface area contributed by atoms with E-state index in [1.165, 1.54) is 21.7 Å². The summed E-state index contributed by atoms with van der Waals surface area (Å²) in [5.74, 6) is 0.650. The Kier molecular flexibility index (Phi) is 1.97. The van der Waals surface area contributed by atoms with E-state index in [0.717, 1.165) is 6.42 Å². The maximum absolute atomic E-state index is 6.07. The summed E-state index contributed by atoms with van der Waals surface area (Å²) in [6, 6.07) is 2.65. The lowest BCUT2D eigenvalue weighted by atomic mass is 10.1. The van der Waals surface area contributed by atoms with E-state index in [1.54, 1.807) is 0 Å². The number of thiophene rings is 1. The van der Waals surface area contributed by atoms with Crippen molar-refractivity contribution in [2.45, 2.75) is 32.7 Å². The molecule has 0 saturated heterocycles. The highest BCUT2D eigenvalue weighted by Gasteiger charge is 2.28. The molecule has 1 nitrogen and oxygen atoms in total. The van der Waals surface area contributed by atoms with Crippen LogP contribution in [0.4, 0.5) is 0 Å². The normalized spacial score (nSPS) is 27.6. The minimum atomic E-state index is 0.310. The van der Waals surface area contributed by atoms with Crippen molar-refractivity contribution >= 4 is 11.3 Å². The van der Waals surface area contributed by atoms with Gasteiger partial charge in [-0.1, -0.05) is 13.8 Å². The Balaban J connectivity index is 2.36. The predicted octanol–water partition coefficient (Wildman–Crippen LogP) is 2.50. The minimum Gasteiger partial charge on any atom is -0.323 e. The summed E-state index contributed by atoms with van der Waals surface area (Å²) in [6.45, 7) is 4.44. The van der Waals surface area contributed by atoms with E-state index in [9.17, 15) is 0 Å². The second-order valence-corrected chi connectivity index (χ2v) is 4.83. The van der Waals surface area contributed by atoms with E-state index < -0.39 is 0 Å². The van der Waals surface area contributed by atoms with Gasteiger partial charge in [0, 0.05) is 15.8 Å². The van der Waals surface area contributed by atoms with E-state index in [0.29, 0.717) is 12.0 Å². The third-order valence-electron chi connectivity index (χ3n) is 2.70. The highest BCUT2D eigenvalue weighted by Crippen LogP contribution is 2.39. The van der Waals surface area contributed by atoms with Gasteiger partial charge < -0.3 is 5.73 Å². The van der Waals surface area contributed by atoms with Gasteiger partial charge >= 0.3 is 0 Å². The first-order valence-corrected chi connectivity index (χ1v) is 5.41. The minimum absolute atomic E-state index is 0.310. The van der Waals surface area contributed by atoms with Gasteiger partial charge in [0.1, 0.15) is 0 Å². The predicted molar refractivity (Wildman–Crippen MR) is 53.5 cm³/mol. The maximum Gasteiger partial charge on any atom is 0.0421 e. The van der Waals surface area contributed by atoms with Crippen molar-refractivity contribution < 1.29 is 0 Å². The molecular weight excluding hydrogens is 166 g/mol. The summed E-state index contributed by atoms with van der Waals surface area (Å²) >= 11 is 1.91. The van der Waals surface area contributed by atoms with Crippen LogP contribution in [0, 0.1) is 5.92 Å². The molecule has 1 aliphatic carbocycles. The average Bonchev–Trinajstić information content (AvgIpc) is 2.55. The van der Waals surface area contributed by atoms with Crippen molar-refractivity contribution in [3.8, 4) is 0 Å². The van der Waals surface area contributed by atoms with Crippen molar-refractivity contribution in [3.63, 3.8) is 0 Å². The Morgan fingerprint density at radius 3 is 3.00 bits per heavy atom. The summed E-state index contributed by atoms with van der Waals surface area (Å²) in [5.41, 5.74) is 7.58. The van der Waals surface area contributed by atoms with Crippen molar-refractivity contribution in [3.05, 3.63) is 21.4 Å². The van der Waals surface area contributed by atoms with Crippen molar-refractivity contribution in [1.82, 2.24) is 0 Å². The molecule has 1 aromatic heterocycles. The van der Waals surface area contributed by atoms with Gasteiger partial charge in [-0.3, -0.25) is 0 Å². The van der Waals surface area contributed by atoms with Gasteiger partial charge in [0.05, 0.1) is 0 Å². The largest absolute Gasteiger partial charge is 0.323 e. The molecule has 2 unspecified atom stereocenters. The van der Waals surface area contributed by atoms with Gasteiger partial charge in [-0.05, 0) is 30.4 Å². The molecule has 1 aliphatic rings. The summed E-state index contributed by atoms with van der Waals surface area (Å²) in [6.07, 6.45) is 2.34. The van der Waals surface area contributed by atoms with Crippen LogP contribution in [0.25, 0.3) is 0 Å². The molecular formula is C10H15NS. The average molecular weight is 181 g/mol. The van der Waals surface area contributed by atoms with Gasteiger partial charge in [-0.25, -0.2) is 0 Å². The number of nitrogens with two attached hydrogens (primary N) is 1. The van der Waals surface area contributed by atoms with Crippen LogP contribution in [-0.4, -0.2) is 0 Å². The zero-order valence-corrected chi connectivity index (χ0v) is 8.45. The van der Waals surface area contributed by atoms with E-state index in [4.69, 9.17) is 5.73 Å². The molecule has 2 atom stereocenters. The topological polar surface area (TPSA) is 26.0 Å². The highest BCUT2D eigenvalue weighted by molar-refractivity contribution is 7.12. The second kappa shape index (κ2) is 2.86. The van der Waals surface area contributed by atoms with Gasteiger partial charge in [-0.2, -0.15) is 0 Å². The number of hydrogen-bond donors (Lipinski definition) is 1. The van der Waals surface area contributed by atoms with E-state index >= 15 is 0 Å². The summed E-state index contributed by atoms with van der Waals surface area (Å²) < 4.78 is 0. The van der Waals surface area contributed by atoms with Crippen molar-refractivity contribution in [2.75, 3.05) is 0 Å². The summed E-state index contributed by atoms with van der Waals surface area (Å²) in [7, 11) is 0. The fraction of sp³-hybridized carbons (Fsp3) is 0.600. The van der Waals surface area contributed by atoms with Gasteiger partial charge in [0.15, 0.2) is 0 Å². The Morgan fingerprint density at radius 2 is 2.42 bits per heavy atom. The van der Waals surface area contributed by atoms with Gasteiger partial charge in [-0.15, -0.1) is 11.3 Å². The third-order valence-corrected chi connectivity index (χ3v) is 4.12. The summed E-state index contributed by atoms with van der Waals surface area (Å²) in [5, 5.41) is 0. The quantitative estimate of drug-likeness (QED) is 0.707. The third kappa shape index (κ3) is 1.10. The SMILES string of the molecule is CCc1cc2c(s1)C(N)C(C)C2. The van der Waals surface area contributed by atoms with Crippen LogP contribution in [0.1, 0.15) is 35.2 Å². The van der Waals surface area contributed by atoms with Crippen molar-refractivity contribution in [1.29, 1.82) is 0 Å². The second-order valence-electron chi connectivity index (χ2n) is 3.66. The monoisotopic (exact) mass is 181 g/mol. The summed E-state index contributed by atoms with van der Waals surface area (Å²) in [4.78, 5) is 2.93. The van der Waals surface area contributed by atoms with Gasteiger partial charge in [0.25, 0.3) is 0 Å².